The zero-order chi connectivity index (χ0) is 12.4. The monoisotopic (exact) mass is 231 g/mol. The van der Waals surface area contributed by atoms with Crippen LogP contribution in [0.2, 0.25) is 0 Å². The number of hydrogen-bond acceptors (Lipinski definition) is 3. The highest BCUT2D eigenvalue weighted by atomic mass is 16.5. The lowest BCUT2D eigenvalue weighted by molar-refractivity contribution is 0.299. The quantitative estimate of drug-likeness (QED) is 0.811. The molecule has 2 aromatic rings. The summed E-state index contributed by atoms with van der Waals surface area (Å²) in [6, 6.07) is 6.17. The molecule has 1 aromatic carbocycles. The van der Waals surface area contributed by atoms with Gasteiger partial charge in [0.05, 0.1) is 11.3 Å². The van der Waals surface area contributed by atoms with Crippen LogP contribution >= 0.6 is 0 Å². The smallest absolute Gasteiger partial charge is 0.140 e. The van der Waals surface area contributed by atoms with Gasteiger partial charge < -0.3 is 9.26 Å². The summed E-state index contributed by atoms with van der Waals surface area (Å²) in [5.41, 5.74) is 4.32. The maximum absolute atomic E-state index is 5.80. The van der Waals surface area contributed by atoms with E-state index in [9.17, 15) is 0 Å². The second-order valence-electron chi connectivity index (χ2n) is 4.36. The molecule has 0 saturated heterocycles. The van der Waals surface area contributed by atoms with Crippen LogP contribution in [0.3, 0.4) is 0 Å². The molecule has 0 aliphatic rings. The summed E-state index contributed by atoms with van der Waals surface area (Å²) < 4.78 is 10.9. The Morgan fingerprint density at radius 2 is 1.94 bits per heavy atom. The summed E-state index contributed by atoms with van der Waals surface area (Å²) in [4.78, 5) is 0. The maximum atomic E-state index is 5.80. The molecular weight excluding hydrogens is 214 g/mol. The van der Waals surface area contributed by atoms with Crippen molar-refractivity contribution in [3.63, 3.8) is 0 Å². The van der Waals surface area contributed by atoms with Gasteiger partial charge in [0, 0.05) is 0 Å². The van der Waals surface area contributed by atoms with E-state index in [1.165, 1.54) is 5.56 Å². The van der Waals surface area contributed by atoms with Gasteiger partial charge >= 0.3 is 0 Å². The van der Waals surface area contributed by atoms with Gasteiger partial charge in [0.1, 0.15) is 18.1 Å². The summed E-state index contributed by atoms with van der Waals surface area (Å²) in [6.45, 7) is 8.46. The Balaban J connectivity index is 2.13. The standard InChI is InChI=1S/C14H17NO2/c1-9-5-6-14(10(2)7-9)16-8-13-11(3)15-17-12(13)4/h5-7H,8H2,1-4H3. The molecule has 90 valence electrons. The first-order chi connectivity index (χ1) is 8.08. The highest BCUT2D eigenvalue weighted by Crippen LogP contribution is 2.21. The molecule has 0 radical (unpaired) electrons. The van der Waals surface area contributed by atoms with Crippen molar-refractivity contribution in [3.8, 4) is 5.75 Å². The minimum absolute atomic E-state index is 0.505. The van der Waals surface area contributed by atoms with Crippen molar-refractivity contribution >= 4 is 0 Å². The lowest BCUT2D eigenvalue weighted by Crippen LogP contribution is -1.99. The van der Waals surface area contributed by atoms with Gasteiger partial charge in [-0.1, -0.05) is 22.9 Å². The third-order valence-electron chi connectivity index (χ3n) is 2.88. The zero-order valence-electron chi connectivity index (χ0n) is 10.7. The Morgan fingerprint density at radius 3 is 2.53 bits per heavy atom. The molecule has 0 fully saturated rings. The SMILES string of the molecule is Cc1ccc(OCc2c(C)noc2C)c(C)c1. The van der Waals surface area contributed by atoms with E-state index in [1.54, 1.807) is 0 Å². The Hall–Kier alpha value is -1.77. The van der Waals surface area contributed by atoms with Crippen LogP contribution in [0.1, 0.15) is 28.1 Å². The summed E-state index contributed by atoms with van der Waals surface area (Å²) in [5, 5.41) is 3.91. The first-order valence-corrected chi connectivity index (χ1v) is 5.69. The van der Waals surface area contributed by atoms with E-state index in [1.807, 2.05) is 19.9 Å². The molecule has 0 amide bonds. The molecule has 0 N–H and O–H groups in total. The molecule has 0 atom stereocenters. The summed E-state index contributed by atoms with van der Waals surface area (Å²) in [5.74, 6) is 1.74. The van der Waals surface area contributed by atoms with Crippen LogP contribution in [-0.4, -0.2) is 5.16 Å². The van der Waals surface area contributed by atoms with Gasteiger partial charge in [0.15, 0.2) is 0 Å². The molecule has 3 heteroatoms. The molecule has 3 nitrogen and oxygen atoms in total. The van der Waals surface area contributed by atoms with Crippen molar-refractivity contribution in [1.82, 2.24) is 5.16 Å². The third-order valence-corrected chi connectivity index (χ3v) is 2.88. The van der Waals surface area contributed by atoms with Gasteiger partial charge in [-0.2, -0.15) is 0 Å². The molecule has 0 bridgehead atoms. The predicted molar refractivity (Wildman–Crippen MR) is 66.2 cm³/mol. The molecule has 17 heavy (non-hydrogen) atoms. The van der Waals surface area contributed by atoms with E-state index >= 15 is 0 Å². The van der Waals surface area contributed by atoms with Gasteiger partial charge in [-0.3, -0.25) is 0 Å². The fraction of sp³-hybridized carbons (Fsp3) is 0.357. The Kier molecular flexibility index (Phi) is 3.18. The van der Waals surface area contributed by atoms with E-state index in [0.717, 1.165) is 28.3 Å². The Morgan fingerprint density at radius 1 is 1.18 bits per heavy atom. The number of ether oxygens (including phenoxy) is 1. The zero-order valence-corrected chi connectivity index (χ0v) is 10.7. The molecule has 0 aliphatic heterocycles. The predicted octanol–water partition coefficient (Wildman–Crippen LogP) is 3.49. The summed E-state index contributed by atoms with van der Waals surface area (Å²) >= 11 is 0. The summed E-state index contributed by atoms with van der Waals surface area (Å²) in [7, 11) is 0. The number of hydrogen-bond donors (Lipinski definition) is 0. The number of benzene rings is 1. The molecule has 1 aromatic heterocycles. The number of aryl methyl sites for hydroxylation is 4. The van der Waals surface area contributed by atoms with E-state index in [0.29, 0.717) is 6.61 Å². The Labute approximate surface area is 101 Å². The maximum Gasteiger partial charge on any atom is 0.140 e. The summed E-state index contributed by atoms with van der Waals surface area (Å²) in [6.07, 6.45) is 0. The van der Waals surface area contributed by atoms with Crippen molar-refractivity contribution in [3.05, 3.63) is 46.3 Å². The van der Waals surface area contributed by atoms with Crippen molar-refractivity contribution < 1.29 is 9.26 Å². The van der Waals surface area contributed by atoms with Crippen molar-refractivity contribution in [2.75, 3.05) is 0 Å². The number of nitrogens with zero attached hydrogens (tertiary/aromatic N) is 1. The third kappa shape index (κ3) is 2.49. The lowest BCUT2D eigenvalue weighted by atomic mass is 10.1. The number of aromatic nitrogens is 1. The minimum atomic E-state index is 0.505. The minimum Gasteiger partial charge on any atom is -0.488 e. The van der Waals surface area contributed by atoms with Gasteiger partial charge in [-0.15, -0.1) is 0 Å². The van der Waals surface area contributed by atoms with Crippen LogP contribution in [0, 0.1) is 27.7 Å². The van der Waals surface area contributed by atoms with Gasteiger partial charge in [-0.05, 0) is 39.3 Å². The lowest BCUT2D eigenvalue weighted by Gasteiger charge is -2.09. The first-order valence-electron chi connectivity index (χ1n) is 5.69. The number of rotatable bonds is 3. The van der Waals surface area contributed by atoms with Crippen LogP contribution in [0.5, 0.6) is 5.75 Å². The molecule has 2 rings (SSSR count). The van der Waals surface area contributed by atoms with Crippen LogP contribution < -0.4 is 4.74 Å². The fourth-order valence-electron chi connectivity index (χ4n) is 1.82. The topological polar surface area (TPSA) is 35.3 Å². The fourth-order valence-corrected chi connectivity index (χ4v) is 1.82. The molecule has 0 unspecified atom stereocenters. The van der Waals surface area contributed by atoms with Crippen LogP contribution in [0.15, 0.2) is 22.7 Å². The van der Waals surface area contributed by atoms with E-state index in [4.69, 9.17) is 9.26 Å². The van der Waals surface area contributed by atoms with Crippen molar-refractivity contribution in [2.45, 2.75) is 34.3 Å². The molecule has 1 heterocycles. The second-order valence-corrected chi connectivity index (χ2v) is 4.36. The van der Waals surface area contributed by atoms with Crippen molar-refractivity contribution in [2.24, 2.45) is 0 Å². The normalized spacial score (nSPS) is 10.6. The van der Waals surface area contributed by atoms with Gasteiger partial charge in [-0.25, -0.2) is 0 Å². The van der Waals surface area contributed by atoms with E-state index in [2.05, 4.69) is 31.1 Å². The van der Waals surface area contributed by atoms with Crippen LogP contribution in [-0.2, 0) is 6.61 Å². The molecule has 0 aliphatic carbocycles. The largest absolute Gasteiger partial charge is 0.488 e. The Bertz CT molecular complexity index is 510. The molecule has 0 spiro atoms. The molecular formula is C14H17NO2. The first kappa shape index (κ1) is 11.7. The second kappa shape index (κ2) is 4.62. The van der Waals surface area contributed by atoms with Gasteiger partial charge in [0.25, 0.3) is 0 Å². The van der Waals surface area contributed by atoms with Gasteiger partial charge in [0.2, 0.25) is 0 Å². The van der Waals surface area contributed by atoms with E-state index in [-0.39, 0.29) is 0 Å². The average Bonchev–Trinajstić information content (AvgIpc) is 2.58. The highest BCUT2D eigenvalue weighted by Gasteiger charge is 2.10. The highest BCUT2D eigenvalue weighted by molar-refractivity contribution is 5.36. The van der Waals surface area contributed by atoms with E-state index < -0.39 is 0 Å². The van der Waals surface area contributed by atoms with Crippen LogP contribution in [0.4, 0.5) is 0 Å². The average molecular weight is 231 g/mol. The van der Waals surface area contributed by atoms with Crippen molar-refractivity contribution in [1.29, 1.82) is 0 Å². The molecule has 0 saturated carbocycles. The van der Waals surface area contributed by atoms with Crippen LogP contribution in [0.25, 0.3) is 0 Å².